The number of aliphatic carboxylic acids is 1. The van der Waals surface area contributed by atoms with Crippen molar-refractivity contribution in [2.75, 3.05) is 45.9 Å². The first-order valence-electron chi connectivity index (χ1n) is 23.0. The fourth-order valence-corrected chi connectivity index (χ4v) is 10.1. The van der Waals surface area contributed by atoms with Crippen molar-refractivity contribution < 1.29 is 37.8 Å². The van der Waals surface area contributed by atoms with Crippen LogP contribution in [0.3, 0.4) is 0 Å². The average molecular weight is 970 g/mol. The van der Waals surface area contributed by atoms with E-state index in [9.17, 15) is 33.1 Å². The SMILES string of the molecule is C.CCOC(=O)C1CCN(C(C)C(=O)N2CCc3c(C)nn(Cc4ccc(Cl)cc4F)c3C2)CC1.Cc1nn(Cc2ccc(Cl)cc2F)c2c1CCN(C(=O)C(C)N1CCC(C(=O)O)CC1)C2. The van der Waals surface area contributed by atoms with E-state index < -0.39 is 5.97 Å². The molecule has 18 heteroatoms. The molecule has 1 N–H and O–H groups in total. The number of carboxylic acids is 1. The van der Waals surface area contributed by atoms with Crippen LogP contribution in [0.1, 0.15) is 98.9 Å². The number of amides is 2. The lowest BCUT2D eigenvalue weighted by molar-refractivity contribution is -0.150. The summed E-state index contributed by atoms with van der Waals surface area (Å²) in [6, 6.07) is 8.70. The molecule has 0 spiro atoms. The molecule has 0 bridgehead atoms. The molecule has 6 heterocycles. The number of carbonyl (C=O) groups excluding carboxylic acids is 3. The number of hydrogen-bond donors (Lipinski definition) is 1. The maximum absolute atomic E-state index is 14.4. The zero-order valence-corrected chi connectivity index (χ0v) is 39.9. The van der Waals surface area contributed by atoms with E-state index in [1.54, 1.807) is 28.9 Å². The van der Waals surface area contributed by atoms with Crippen molar-refractivity contribution in [3.05, 3.63) is 103 Å². The second-order valence-electron chi connectivity index (χ2n) is 17.9. The Kier molecular flexibility index (Phi) is 17.3. The molecule has 2 aromatic heterocycles. The van der Waals surface area contributed by atoms with Crippen LogP contribution in [0, 0.1) is 37.3 Å². The lowest BCUT2D eigenvalue weighted by atomic mass is 9.95. The first kappa shape index (κ1) is 51.5. The van der Waals surface area contributed by atoms with E-state index in [4.69, 9.17) is 27.9 Å². The van der Waals surface area contributed by atoms with E-state index in [1.807, 2.05) is 49.1 Å². The summed E-state index contributed by atoms with van der Waals surface area (Å²) in [6.45, 7) is 15.3. The van der Waals surface area contributed by atoms with Crippen LogP contribution in [0.25, 0.3) is 0 Å². The predicted octanol–water partition coefficient (Wildman–Crippen LogP) is 7.32. The Morgan fingerprint density at radius 2 is 1.10 bits per heavy atom. The summed E-state index contributed by atoms with van der Waals surface area (Å²) in [5.41, 5.74) is 7.00. The molecule has 0 saturated carbocycles. The number of likely N-dealkylation sites (tertiary alicyclic amines) is 2. The van der Waals surface area contributed by atoms with E-state index in [-0.39, 0.29) is 73.9 Å². The molecule has 2 atom stereocenters. The largest absolute Gasteiger partial charge is 0.481 e. The lowest BCUT2D eigenvalue weighted by Crippen LogP contribution is -2.51. The standard InChI is InChI=1S/C25H32ClFN4O3.C23H28ClFN4O3.CH4/c1-4-34-25(33)18-7-10-29(11-8-18)17(3)24(32)30-12-9-21-16(2)28-31(23(21)15-30)14-19-5-6-20(26)13-22(19)27;1-14-19-7-10-28(22(30)15(2)27-8-5-16(6-9-27)23(31)32)13-21(19)29(26-14)12-17-3-4-18(24)11-20(17)25;/h5-6,13,17-18H,4,7-12,14-15H2,1-3H3;3-4,11,15-16H,5-10,12-13H2,1-2H3,(H,31,32);1H4. The normalized spacial score (nSPS) is 17.9. The predicted molar refractivity (Wildman–Crippen MR) is 252 cm³/mol. The number of carboxylic acid groups (broad SMARTS) is 1. The van der Waals surface area contributed by atoms with Crippen LogP contribution in [-0.2, 0) is 62.9 Å². The summed E-state index contributed by atoms with van der Waals surface area (Å²) in [4.78, 5) is 57.8. The highest BCUT2D eigenvalue weighted by Gasteiger charge is 2.36. The van der Waals surface area contributed by atoms with Gasteiger partial charge in [0.25, 0.3) is 0 Å². The number of carbonyl (C=O) groups is 4. The molecular weight excluding hydrogens is 905 g/mol. The van der Waals surface area contributed by atoms with E-state index in [2.05, 4.69) is 20.0 Å². The average Bonchev–Trinajstić information content (AvgIpc) is 3.80. The van der Waals surface area contributed by atoms with Gasteiger partial charge in [-0.05, 0) is 135 Å². The van der Waals surface area contributed by atoms with E-state index in [1.165, 1.54) is 12.1 Å². The molecule has 0 aliphatic carbocycles. The second-order valence-corrected chi connectivity index (χ2v) is 18.8. The molecule has 364 valence electrons. The van der Waals surface area contributed by atoms with Gasteiger partial charge in [0.15, 0.2) is 0 Å². The maximum atomic E-state index is 14.4. The van der Waals surface area contributed by atoms with Gasteiger partial charge in [-0.2, -0.15) is 10.2 Å². The number of aromatic nitrogens is 4. The van der Waals surface area contributed by atoms with Crippen molar-refractivity contribution in [3.63, 3.8) is 0 Å². The number of rotatable bonds is 11. The van der Waals surface area contributed by atoms with Crippen molar-refractivity contribution in [1.82, 2.24) is 39.2 Å². The second kappa shape index (κ2) is 22.5. The van der Waals surface area contributed by atoms with Gasteiger partial charge >= 0.3 is 11.9 Å². The van der Waals surface area contributed by atoms with E-state index in [0.29, 0.717) is 112 Å². The van der Waals surface area contributed by atoms with Crippen molar-refractivity contribution >= 4 is 47.0 Å². The van der Waals surface area contributed by atoms with Crippen molar-refractivity contribution in [2.24, 2.45) is 11.8 Å². The number of esters is 1. The highest BCUT2D eigenvalue weighted by molar-refractivity contribution is 6.30. The molecule has 0 radical (unpaired) electrons. The zero-order chi connectivity index (χ0) is 47.4. The van der Waals surface area contributed by atoms with Crippen LogP contribution in [0.2, 0.25) is 10.0 Å². The zero-order valence-electron chi connectivity index (χ0n) is 38.4. The Labute approximate surface area is 402 Å². The molecule has 2 saturated heterocycles. The number of aryl methyl sites for hydroxylation is 2. The Morgan fingerprint density at radius 3 is 1.48 bits per heavy atom. The lowest BCUT2D eigenvalue weighted by Gasteiger charge is -2.37. The Bertz CT molecular complexity index is 2430. The molecular formula is C49H64Cl2F2N8O6. The Hall–Kier alpha value is -4.90. The summed E-state index contributed by atoms with van der Waals surface area (Å²) < 4.78 is 37.5. The molecule has 2 amide bonds. The van der Waals surface area contributed by atoms with Gasteiger partial charge < -0.3 is 19.6 Å². The Morgan fingerprint density at radius 1 is 0.701 bits per heavy atom. The number of fused-ring (bicyclic) bond motifs is 2. The minimum atomic E-state index is -0.757. The van der Waals surface area contributed by atoms with Crippen LogP contribution in [0.15, 0.2) is 36.4 Å². The minimum absolute atomic E-state index is 0. The van der Waals surface area contributed by atoms with Crippen LogP contribution in [0.4, 0.5) is 8.78 Å². The third-order valence-corrected chi connectivity index (χ3v) is 14.3. The number of benzene rings is 2. The van der Waals surface area contributed by atoms with E-state index in [0.717, 1.165) is 40.3 Å². The van der Waals surface area contributed by atoms with Gasteiger partial charge in [0, 0.05) is 34.3 Å². The van der Waals surface area contributed by atoms with Crippen molar-refractivity contribution in [3.8, 4) is 0 Å². The number of nitrogens with zero attached hydrogens (tertiary/aromatic N) is 8. The highest BCUT2D eigenvalue weighted by atomic mass is 35.5. The molecule has 4 aromatic rings. The molecule has 2 unspecified atom stereocenters. The first-order chi connectivity index (χ1) is 31.5. The molecule has 4 aliphatic rings. The van der Waals surface area contributed by atoms with Crippen molar-refractivity contribution in [2.45, 2.75) is 119 Å². The third kappa shape index (κ3) is 11.9. The molecule has 2 fully saturated rings. The van der Waals surface area contributed by atoms with Gasteiger partial charge in [0.2, 0.25) is 11.8 Å². The molecule has 67 heavy (non-hydrogen) atoms. The van der Waals surface area contributed by atoms with Gasteiger partial charge in [-0.1, -0.05) is 42.8 Å². The number of ether oxygens (including phenoxy) is 1. The fraction of sp³-hybridized carbons (Fsp3) is 0.551. The number of piperidine rings is 2. The fourth-order valence-electron chi connectivity index (χ4n) is 9.77. The van der Waals surface area contributed by atoms with Crippen LogP contribution >= 0.6 is 23.2 Å². The molecule has 8 rings (SSSR count). The van der Waals surface area contributed by atoms with Crippen molar-refractivity contribution in [1.29, 1.82) is 0 Å². The molecule has 14 nitrogen and oxygen atoms in total. The van der Waals surface area contributed by atoms with Crippen LogP contribution in [-0.4, -0.2) is 126 Å². The minimum Gasteiger partial charge on any atom is -0.481 e. The van der Waals surface area contributed by atoms with E-state index >= 15 is 0 Å². The summed E-state index contributed by atoms with van der Waals surface area (Å²) in [6.07, 6.45) is 3.99. The van der Waals surface area contributed by atoms with Gasteiger partial charge in [-0.15, -0.1) is 0 Å². The summed E-state index contributed by atoms with van der Waals surface area (Å²) in [7, 11) is 0. The summed E-state index contributed by atoms with van der Waals surface area (Å²) in [5, 5.41) is 19.2. The Balaban J connectivity index is 0.000000218. The summed E-state index contributed by atoms with van der Waals surface area (Å²) >= 11 is 11.8. The topological polar surface area (TPSA) is 146 Å². The molecule has 2 aromatic carbocycles. The number of halogens is 4. The maximum Gasteiger partial charge on any atom is 0.309 e. The van der Waals surface area contributed by atoms with Gasteiger partial charge in [0.05, 0.1) is 79.5 Å². The van der Waals surface area contributed by atoms with Gasteiger partial charge in [-0.3, -0.25) is 38.3 Å². The van der Waals surface area contributed by atoms with Crippen LogP contribution < -0.4 is 0 Å². The van der Waals surface area contributed by atoms with Gasteiger partial charge in [0.1, 0.15) is 11.6 Å². The summed E-state index contributed by atoms with van der Waals surface area (Å²) in [5.74, 6) is -1.92. The third-order valence-electron chi connectivity index (χ3n) is 13.8. The van der Waals surface area contributed by atoms with Crippen LogP contribution in [0.5, 0.6) is 0 Å². The smallest absolute Gasteiger partial charge is 0.309 e. The monoisotopic (exact) mass is 968 g/mol. The number of hydrogen-bond acceptors (Lipinski definition) is 9. The quantitative estimate of drug-likeness (QED) is 0.152. The first-order valence-corrected chi connectivity index (χ1v) is 23.7. The van der Waals surface area contributed by atoms with Gasteiger partial charge in [-0.25, -0.2) is 8.78 Å². The molecule has 4 aliphatic heterocycles. The highest BCUT2D eigenvalue weighted by Crippen LogP contribution is 2.29.